The van der Waals surface area contributed by atoms with E-state index in [1.807, 2.05) is 31.2 Å². The number of hydrogen-bond donors (Lipinski definition) is 1. The third-order valence-electron chi connectivity index (χ3n) is 6.27. The van der Waals surface area contributed by atoms with Gasteiger partial charge < -0.3 is 9.30 Å². The highest BCUT2D eigenvalue weighted by Crippen LogP contribution is 2.32. The summed E-state index contributed by atoms with van der Waals surface area (Å²) in [5, 5.41) is 0. The number of hydrogen-bond acceptors (Lipinski definition) is 4. The van der Waals surface area contributed by atoms with E-state index < -0.39 is 10.1 Å². The van der Waals surface area contributed by atoms with Crippen LogP contribution in [0.5, 0.6) is 5.75 Å². The van der Waals surface area contributed by atoms with E-state index in [0.717, 1.165) is 40.0 Å². The topological polar surface area (TPSA) is 81.4 Å². The molecule has 0 aliphatic rings. The molecule has 8 heteroatoms. The summed E-state index contributed by atoms with van der Waals surface area (Å²) in [6, 6.07) is 24.6. The summed E-state index contributed by atoms with van der Waals surface area (Å²) in [7, 11) is -4.02. The Bertz CT molecular complexity index is 1630. The van der Waals surface area contributed by atoms with Gasteiger partial charge in [0.1, 0.15) is 23.7 Å². The molecule has 5 rings (SSSR count). The Hall–Kier alpha value is -4.01. The van der Waals surface area contributed by atoms with Gasteiger partial charge in [0.2, 0.25) is 0 Å². The molecular formula is C30H29FN2O4S. The summed E-state index contributed by atoms with van der Waals surface area (Å²) in [5.74, 6) is 0.546. The van der Waals surface area contributed by atoms with Crippen molar-refractivity contribution < 1.29 is 22.1 Å². The third kappa shape index (κ3) is 6.45. The van der Waals surface area contributed by atoms with E-state index in [2.05, 4.69) is 35.5 Å². The Morgan fingerprint density at radius 3 is 2.16 bits per heavy atom. The van der Waals surface area contributed by atoms with Crippen molar-refractivity contribution in [2.24, 2.45) is 0 Å². The van der Waals surface area contributed by atoms with E-state index in [1.165, 1.54) is 35.5 Å². The number of rotatable bonds is 6. The molecule has 6 nitrogen and oxygen atoms in total. The standard InChI is InChI=1S/C23H21FN2O.C7H8O3S/c1-16-17(2)26(14-18-6-4-3-5-7-18)23-21(12-13-25-22(16)23)27-15-19-8-10-20(24)11-9-19;1-6-2-4-7(5-3-6)11(8,9)10/h3-13H,14-15H2,1-2H3;2-5H,1H3,(H,8,9,10). The molecule has 0 spiro atoms. The molecule has 0 aliphatic heterocycles. The highest BCUT2D eigenvalue weighted by molar-refractivity contribution is 7.85. The lowest BCUT2D eigenvalue weighted by Gasteiger charge is -2.13. The van der Waals surface area contributed by atoms with Crippen LogP contribution in [0.25, 0.3) is 11.0 Å². The molecule has 2 heterocycles. The summed E-state index contributed by atoms with van der Waals surface area (Å²) in [5.41, 5.74) is 7.41. The van der Waals surface area contributed by atoms with Gasteiger partial charge in [0.05, 0.1) is 10.4 Å². The number of ether oxygens (including phenoxy) is 1. The van der Waals surface area contributed by atoms with Gasteiger partial charge in [-0.05, 0) is 61.7 Å². The lowest BCUT2D eigenvalue weighted by Crippen LogP contribution is -2.04. The van der Waals surface area contributed by atoms with Gasteiger partial charge in [-0.1, -0.05) is 60.2 Å². The molecule has 2 aromatic heterocycles. The van der Waals surface area contributed by atoms with Crippen molar-refractivity contribution in [1.29, 1.82) is 0 Å². The van der Waals surface area contributed by atoms with Crippen LogP contribution in [0.4, 0.5) is 4.39 Å². The van der Waals surface area contributed by atoms with Crippen LogP contribution >= 0.6 is 0 Å². The van der Waals surface area contributed by atoms with E-state index >= 15 is 0 Å². The fourth-order valence-corrected chi connectivity index (χ4v) is 4.53. The van der Waals surface area contributed by atoms with Crippen molar-refractivity contribution in [3.63, 3.8) is 0 Å². The molecule has 1 N–H and O–H groups in total. The molecule has 0 bridgehead atoms. The highest BCUT2D eigenvalue weighted by Gasteiger charge is 2.17. The van der Waals surface area contributed by atoms with E-state index in [4.69, 9.17) is 9.29 Å². The van der Waals surface area contributed by atoms with Gasteiger partial charge >= 0.3 is 0 Å². The second kappa shape index (κ2) is 11.6. The van der Waals surface area contributed by atoms with Crippen LogP contribution < -0.4 is 4.74 Å². The second-order valence-electron chi connectivity index (χ2n) is 8.99. The first-order valence-corrected chi connectivity index (χ1v) is 13.5. The van der Waals surface area contributed by atoms with Crippen LogP contribution in [0.15, 0.2) is 96.0 Å². The van der Waals surface area contributed by atoms with Gasteiger partial charge in [0.15, 0.2) is 0 Å². The maximum absolute atomic E-state index is 13.1. The molecule has 0 radical (unpaired) electrons. The van der Waals surface area contributed by atoms with Crippen molar-refractivity contribution in [3.8, 4) is 5.75 Å². The first-order valence-electron chi connectivity index (χ1n) is 12.0. The van der Waals surface area contributed by atoms with Gasteiger partial charge in [0.25, 0.3) is 10.1 Å². The molecule has 196 valence electrons. The Labute approximate surface area is 222 Å². The summed E-state index contributed by atoms with van der Waals surface area (Å²) in [4.78, 5) is 4.51. The molecule has 0 unspecified atom stereocenters. The van der Waals surface area contributed by atoms with E-state index in [0.29, 0.717) is 6.61 Å². The van der Waals surface area contributed by atoms with E-state index in [9.17, 15) is 12.8 Å². The highest BCUT2D eigenvalue weighted by atomic mass is 32.2. The van der Waals surface area contributed by atoms with Crippen LogP contribution in [-0.4, -0.2) is 22.5 Å². The van der Waals surface area contributed by atoms with Crippen LogP contribution in [-0.2, 0) is 23.3 Å². The predicted molar refractivity (Wildman–Crippen MR) is 146 cm³/mol. The minimum absolute atomic E-state index is 0.0666. The van der Waals surface area contributed by atoms with E-state index in [-0.39, 0.29) is 10.7 Å². The lowest BCUT2D eigenvalue weighted by atomic mass is 10.2. The first-order chi connectivity index (χ1) is 18.1. The minimum Gasteiger partial charge on any atom is -0.487 e. The fraction of sp³-hybridized carbons (Fsp3) is 0.167. The number of nitrogens with zero attached hydrogens (tertiary/aromatic N) is 2. The molecule has 0 aliphatic carbocycles. The SMILES string of the molecule is Cc1c(C)n(Cc2ccccc2)c2c(OCc3ccc(F)cc3)ccnc12.Cc1ccc(S(=O)(=O)O)cc1. The van der Waals surface area contributed by atoms with Gasteiger partial charge in [-0.25, -0.2) is 4.39 Å². The number of halogens is 1. The minimum atomic E-state index is -4.02. The van der Waals surface area contributed by atoms with Gasteiger partial charge in [-0.15, -0.1) is 0 Å². The molecule has 0 saturated heterocycles. The average Bonchev–Trinajstić information content (AvgIpc) is 3.14. The Morgan fingerprint density at radius 2 is 1.53 bits per heavy atom. The smallest absolute Gasteiger partial charge is 0.294 e. The summed E-state index contributed by atoms with van der Waals surface area (Å²) < 4.78 is 51.0. The predicted octanol–water partition coefficient (Wildman–Crippen LogP) is 6.66. The third-order valence-corrected chi connectivity index (χ3v) is 7.14. The van der Waals surface area contributed by atoms with Crippen LogP contribution in [0.2, 0.25) is 0 Å². The Kier molecular flexibility index (Phi) is 8.24. The summed E-state index contributed by atoms with van der Waals surface area (Å²) in [6.45, 7) is 7.19. The van der Waals surface area contributed by atoms with Crippen LogP contribution in [0.3, 0.4) is 0 Å². The van der Waals surface area contributed by atoms with E-state index in [1.54, 1.807) is 30.5 Å². The van der Waals surface area contributed by atoms with Crippen molar-refractivity contribution in [2.75, 3.05) is 0 Å². The normalized spacial score (nSPS) is 11.2. The van der Waals surface area contributed by atoms with Gasteiger partial charge in [-0.2, -0.15) is 8.42 Å². The van der Waals surface area contributed by atoms with Gasteiger partial charge in [0, 0.05) is 24.5 Å². The van der Waals surface area contributed by atoms with Crippen molar-refractivity contribution in [2.45, 2.75) is 38.8 Å². The monoisotopic (exact) mass is 532 g/mol. The summed E-state index contributed by atoms with van der Waals surface area (Å²) in [6.07, 6.45) is 1.78. The van der Waals surface area contributed by atoms with Crippen LogP contribution in [0.1, 0.15) is 27.9 Å². The molecule has 3 aromatic carbocycles. The van der Waals surface area contributed by atoms with Crippen molar-refractivity contribution in [3.05, 3.63) is 125 Å². The molecule has 38 heavy (non-hydrogen) atoms. The number of aromatic nitrogens is 2. The Balaban J connectivity index is 0.000000257. The molecule has 0 saturated carbocycles. The fourth-order valence-electron chi connectivity index (χ4n) is 4.05. The average molecular weight is 533 g/mol. The molecule has 0 atom stereocenters. The number of benzene rings is 3. The Morgan fingerprint density at radius 1 is 0.868 bits per heavy atom. The van der Waals surface area contributed by atoms with Gasteiger partial charge in [-0.3, -0.25) is 9.54 Å². The maximum atomic E-state index is 13.1. The largest absolute Gasteiger partial charge is 0.487 e. The number of fused-ring (bicyclic) bond motifs is 1. The zero-order valence-electron chi connectivity index (χ0n) is 21.4. The van der Waals surface area contributed by atoms with Crippen molar-refractivity contribution in [1.82, 2.24) is 9.55 Å². The zero-order valence-corrected chi connectivity index (χ0v) is 22.2. The number of aryl methyl sites for hydroxylation is 2. The summed E-state index contributed by atoms with van der Waals surface area (Å²) >= 11 is 0. The first kappa shape index (κ1) is 27.0. The lowest BCUT2D eigenvalue weighted by molar-refractivity contribution is 0.308. The molecular weight excluding hydrogens is 503 g/mol. The van der Waals surface area contributed by atoms with Crippen molar-refractivity contribution >= 4 is 21.2 Å². The number of pyridine rings is 1. The zero-order chi connectivity index (χ0) is 27.3. The molecule has 5 aromatic rings. The molecule has 0 amide bonds. The second-order valence-corrected chi connectivity index (χ2v) is 10.4. The van der Waals surface area contributed by atoms with Crippen LogP contribution in [0, 0.1) is 26.6 Å². The maximum Gasteiger partial charge on any atom is 0.294 e. The quantitative estimate of drug-likeness (QED) is 0.247. The molecule has 0 fully saturated rings.